The fourth-order valence-electron chi connectivity index (χ4n) is 2.57. The summed E-state index contributed by atoms with van der Waals surface area (Å²) in [4.78, 5) is 15.4. The van der Waals surface area contributed by atoms with Gasteiger partial charge in [-0.25, -0.2) is 0 Å². The SMILES string of the molecule is O=C(NCc1ccccc1)c1ccc2nnc(-c3cc[nH]c3)n2c1. The van der Waals surface area contributed by atoms with Crippen LogP contribution in [-0.4, -0.2) is 25.5 Å². The number of nitrogens with one attached hydrogen (secondary N) is 2. The van der Waals surface area contributed by atoms with Crippen molar-refractivity contribution in [3.05, 3.63) is 78.2 Å². The van der Waals surface area contributed by atoms with Crippen LogP contribution in [-0.2, 0) is 6.54 Å². The van der Waals surface area contributed by atoms with Crippen molar-refractivity contribution in [1.82, 2.24) is 24.9 Å². The lowest BCUT2D eigenvalue weighted by molar-refractivity contribution is 0.0950. The molecule has 0 aliphatic carbocycles. The highest BCUT2D eigenvalue weighted by Gasteiger charge is 2.12. The van der Waals surface area contributed by atoms with Gasteiger partial charge < -0.3 is 10.3 Å². The molecule has 0 unspecified atom stereocenters. The first kappa shape index (κ1) is 14.2. The Morgan fingerprint density at radius 1 is 1.08 bits per heavy atom. The summed E-state index contributed by atoms with van der Waals surface area (Å²) < 4.78 is 1.82. The molecule has 118 valence electrons. The van der Waals surface area contributed by atoms with E-state index in [9.17, 15) is 4.79 Å². The van der Waals surface area contributed by atoms with E-state index in [1.165, 1.54) is 0 Å². The van der Waals surface area contributed by atoms with E-state index in [0.29, 0.717) is 23.6 Å². The predicted molar refractivity (Wildman–Crippen MR) is 90.4 cm³/mol. The second kappa shape index (κ2) is 6.00. The Morgan fingerprint density at radius 3 is 2.75 bits per heavy atom. The highest BCUT2D eigenvalue weighted by atomic mass is 16.1. The summed E-state index contributed by atoms with van der Waals surface area (Å²) in [6, 6.07) is 15.3. The molecule has 0 bridgehead atoms. The Kier molecular flexibility index (Phi) is 3.55. The normalized spacial score (nSPS) is 10.8. The second-order valence-electron chi connectivity index (χ2n) is 5.44. The summed E-state index contributed by atoms with van der Waals surface area (Å²) >= 11 is 0. The van der Waals surface area contributed by atoms with E-state index in [1.54, 1.807) is 18.3 Å². The average molecular weight is 317 g/mol. The van der Waals surface area contributed by atoms with Gasteiger partial charge in [-0.2, -0.15) is 0 Å². The van der Waals surface area contributed by atoms with Crippen molar-refractivity contribution >= 4 is 11.6 Å². The Bertz CT molecular complexity index is 973. The number of nitrogens with zero attached hydrogens (tertiary/aromatic N) is 3. The maximum Gasteiger partial charge on any atom is 0.253 e. The van der Waals surface area contributed by atoms with Gasteiger partial charge in [0.05, 0.1) is 5.56 Å². The molecule has 6 heteroatoms. The number of aromatic nitrogens is 4. The van der Waals surface area contributed by atoms with Crippen LogP contribution in [0.1, 0.15) is 15.9 Å². The minimum atomic E-state index is -0.130. The van der Waals surface area contributed by atoms with Crippen molar-refractivity contribution in [2.75, 3.05) is 0 Å². The fraction of sp³-hybridized carbons (Fsp3) is 0.0556. The molecule has 0 radical (unpaired) electrons. The molecule has 3 aromatic heterocycles. The van der Waals surface area contributed by atoms with Gasteiger partial charge in [-0.1, -0.05) is 30.3 Å². The summed E-state index contributed by atoms with van der Waals surface area (Å²) in [5.41, 5.74) is 3.24. The van der Waals surface area contributed by atoms with Gasteiger partial charge in [0.25, 0.3) is 5.91 Å². The Morgan fingerprint density at radius 2 is 1.96 bits per heavy atom. The van der Waals surface area contributed by atoms with Gasteiger partial charge in [0, 0.05) is 30.7 Å². The number of amides is 1. The number of pyridine rings is 1. The van der Waals surface area contributed by atoms with Crippen LogP contribution >= 0.6 is 0 Å². The smallest absolute Gasteiger partial charge is 0.253 e. The molecule has 1 aromatic carbocycles. The van der Waals surface area contributed by atoms with E-state index in [-0.39, 0.29) is 5.91 Å². The van der Waals surface area contributed by atoms with Crippen molar-refractivity contribution in [3.63, 3.8) is 0 Å². The molecular weight excluding hydrogens is 302 g/mol. The number of fused-ring (bicyclic) bond motifs is 1. The zero-order valence-corrected chi connectivity index (χ0v) is 12.8. The van der Waals surface area contributed by atoms with Gasteiger partial charge in [0.2, 0.25) is 0 Å². The third-order valence-corrected chi connectivity index (χ3v) is 3.82. The molecule has 24 heavy (non-hydrogen) atoms. The van der Waals surface area contributed by atoms with Gasteiger partial charge in [-0.3, -0.25) is 9.20 Å². The Labute approximate surface area is 138 Å². The van der Waals surface area contributed by atoms with E-state index in [1.807, 2.05) is 53.2 Å². The Balaban J connectivity index is 1.60. The van der Waals surface area contributed by atoms with Crippen molar-refractivity contribution in [3.8, 4) is 11.4 Å². The van der Waals surface area contributed by atoms with E-state index >= 15 is 0 Å². The number of hydrogen-bond donors (Lipinski definition) is 2. The molecule has 4 rings (SSSR count). The largest absolute Gasteiger partial charge is 0.367 e. The van der Waals surface area contributed by atoms with Crippen LogP contribution in [0.15, 0.2) is 67.1 Å². The van der Waals surface area contributed by atoms with Gasteiger partial charge in [-0.15, -0.1) is 10.2 Å². The monoisotopic (exact) mass is 317 g/mol. The number of rotatable bonds is 4. The molecule has 6 nitrogen and oxygen atoms in total. The van der Waals surface area contributed by atoms with Crippen LogP contribution in [0.25, 0.3) is 17.0 Å². The van der Waals surface area contributed by atoms with Crippen molar-refractivity contribution < 1.29 is 4.79 Å². The highest BCUT2D eigenvalue weighted by molar-refractivity contribution is 5.94. The van der Waals surface area contributed by atoms with Gasteiger partial charge in [0.1, 0.15) is 0 Å². The number of carbonyl (C=O) groups excluding carboxylic acids is 1. The van der Waals surface area contributed by atoms with E-state index in [4.69, 9.17) is 0 Å². The van der Waals surface area contributed by atoms with Crippen LogP contribution in [0.3, 0.4) is 0 Å². The lowest BCUT2D eigenvalue weighted by Crippen LogP contribution is -2.23. The molecule has 1 amide bonds. The summed E-state index contributed by atoms with van der Waals surface area (Å²) in [5.74, 6) is 0.568. The molecule has 0 saturated carbocycles. The molecule has 0 aliphatic rings. The molecule has 3 heterocycles. The van der Waals surface area contributed by atoms with E-state index in [2.05, 4.69) is 20.5 Å². The van der Waals surface area contributed by atoms with Crippen LogP contribution in [0.5, 0.6) is 0 Å². The minimum Gasteiger partial charge on any atom is -0.367 e. The molecule has 4 aromatic rings. The third kappa shape index (κ3) is 2.65. The molecule has 0 atom stereocenters. The fourth-order valence-corrected chi connectivity index (χ4v) is 2.57. The first-order valence-electron chi connectivity index (χ1n) is 7.61. The molecule has 0 spiro atoms. The second-order valence-corrected chi connectivity index (χ2v) is 5.44. The molecule has 2 N–H and O–H groups in total. The van der Waals surface area contributed by atoms with Crippen LogP contribution in [0, 0.1) is 0 Å². The quantitative estimate of drug-likeness (QED) is 0.607. The zero-order valence-electron chi connectivity index (χ0n) is 12.8. The number of aromatic amines is 1. The lowest BCUT2D eigenvalue weighted by atomic mass is 10.2. The molecular formula is C18H15N5O. The molecule has 0 aliphatic heterocycles. The third-order valence-electron chi connectivity index (χ3n) is 3.82. The number of H-pyrrole nitrogens is 1. The van der Waals surface area contributed by atoms with E-state index in [0.717, 1.165) is 11.1 Å². The van der Waals surface area contributed by atoms with Crippen molar-refractivity contribution in [2.24, 2.45) is 0 Å². The summed E-state index contributed by atoms with van der Waals surface area (Å²) in [5, 5.41) is 11.3. The first-order valence-corrected chi connectivity index (χ1v) is 7.61. The summed E-state index contributed by atoms with van der Waals surface area (Å²) in [6.07, 6.45) is 5.43. The number of benzene rings is 1. The van der Waals surface area contributed by atoms with Gasteiger partial charge in [0.15, 0.2) is 11.5 Å². The first-order chi connectivity index (χ1) is 11.8. The number of hydrogen-bond acceptors (Lipinski definition) is 3. The predicted octanol–water partition coefficient (Wildman–Crippen LogP) is 2.65. The molecule has 0 fully saturated rings. The van der Waals surface area contributed by atoms with Crippen LogP contribution < -0.4 is 5.32 Å². The Hall–Kier alpha value is -3.41. The summed E-state index contributed by atoms with van der Waals surface area (Å²) in [7, 11) is 0. The van der Waals surface area contributed by atoms with Gasteiger partial charge >= 0.3 is 0 Å². The molecule has 0 saturated heterocycles. The highest BCUT2D eigenvalue weighted by Crippen LogP contribution is 2.18. The standard InChI is InChI=1S/C18H15N5O/c24-18(20-10-13-4-2-1-3-5-13)15-6-7-16-21-22-17(23(16)12-15)14-8-9-19-11-14/h1-9,11-12,19H,10H2,(H,20,24). The van der Waals surface area contributed by atoms with Crippen LogP contribution in [0.2, 0.25) is 0 Å². The maximum atomic E-state index is 12.4. The topological polar surface area (TPSA) is 75.1 Å². The van der Waals surface area contributed by atoms with Gasteiger partial charge in [-0.05, 0) is 23.8 Å². The number of carbonyl (C=O) groups is 1. The van der Waals surface area contributed by atoms with Crippen LogP contribution in [0.4, 0.5) is 0 Å². The van der Waals surface area contributed by atoms with E-state index < -0.39 is 0 Å². The maximum absolute atomic E-state index is 12.4. The van der Waals surface area contributed by atoms with Crippen molar-refractivity contribution in [2.45, 2.75) is 6.54 Å². The summed E-state index contributed by atoms with van der Waals surface area (Å²) in [6.45, 7) is 0.491. The lowest BCUT2D eigenvalue weighted by Gasteiger charge is -2.06. The minimum absolute atomic E-state index is 0.130. The van der Waals surface area contributed by atoms with Crippen molar-refractivity contribution in [1.29, 1.82) is 0 Å². The zero-order chi connectivity index (χ0) is 16.4. The average Bonchev–Trinajstić information content (AvgIpc) is 3.29.